The number of hydrogen-bond acceptors (Lipinski definition) is 8. The molecule has 0 bridgehead atoms. The number of carbonyl (C=O) groups excluding carboxylic acids is 1. The number of pyridine rings is 1. The molecule has 1 saturated carbocycles. The molecule has 1 aliphatic carbocycles. The number of ether oxygens (including phenoxy) is 2. The lowest BCUT2D eigenvalue weighted by Crippen LogP contribution is -2.67. The fourth-order valence-electron chi connectivity index (χ4n) is 5.63. The van der Waals surface area contributed by atoms with Crippen molar-refractivity contribution in [3.8, 4) is 0 Å². The molecule has 11 nitrogen and oxygen atoms in total. The van der Waals surface area contributed by atoms with Gasteiger partial charge in [-0.05, 0) is 40.0 Å². The number of anilines is 1. The number of aliphatic hydroxyl groups excluding tert-OH is 1. The minimum Gasteiger partial charge on any atom is -0.444 e. The highest BCUT2D eigenvalue weighted by molar-refractivity contribution is 5.78. The summed E-state index contributed by atoms with van der Waals surface area (Å²) in [5.41, 5.74) is 1.41. The normalized spacial score (nSPS) is 27.8. The molecular weight excluding hydrogens is 428 g/mol. The van der Waals surface area contributed by atoms with E-state index >= 15 is 0 Å². The molecular formula is C22H32N6O5. The molecule has 1 amide bonds. The van der Waals surface area contributed by atoms with Crippen LogP contribution in [0.1, 0.15) is 64.6 Å². The molecule has 1 saturated heterocycles. The van der Waals surface area contributed by atoms with Gasteiger partial charge in [0.2, 0.25) is 5.43 Å². The number of nitrogens with one attached hydrogen (secondary N) is 1. The Morgan fingerprint density at radius 3 is 2.58 bits per heavy atom. The quantitative estimate of drug-likeness (QED) is 0.663. The first-order chi connectivity index (χ1) is 15.6. The summed E-state index contributed by atoms with van der Waals surface area (Å²) in [6.45, 7) is 8.65. The number of methoxy groups -OCH3 is 1. The summed E-state index contributed by atoms with van der Waals surface area (Å²) in [6.07, 6.45) is 1.06. The van der Waals surface area contributed by atoms with E-state index in [1.165, 1.54) is 7.11 Å². The first-order valence-electron chi connectivity index (χ1n) is 11.6. The van der Waals surface area contributed by atoms with Crippen LogP contribution in [0, 0.1) is 0 Å². The Morgan fingerprint density at radius 1 is 1.21 bits per heavy atom. The molecule has 33 heavy (non-hydrogen) atoms. The van der Waals surface area contributed by atoms with Crippen molar-refractivity contribution in [1.29, 1.82) is 0 Å². The highest BCUT2D eigenvalue weighted by Crippen LogP contribution is 2.45. The van der Waals surface area contributed by atoms with Crippen LogP contribution < -0.4 is 10.3 Å². The number of rotatable bonds is 3. The second-order valence-corrected chi connectivity index (χ2v) is 10.3. The Labute approximate surface area is 191 Å². The summed E-state index contributed by atoms with van der Waals surface area (Å²) in [7, 11) is 1.46. The van der Waals surface area contributed by atoms with Crippen LogP contribution in [0.15, 0.2) is 4.79 Å². The number of piperazine rings is 1. The van der Waals surface area contributed by atoms with E-state index in [0.29, 0.717) is 30.8 Å². The Balaban J connectivity index is 1.56. The summed E-state index contributed by atoms with van der Waals surface area (Å²) in [5.74, 6) is 0.0195. The van der Waals surface area contributed by atoms with Crippen LogP contribution in [0.3, 0.4) is 0 Å². The summed E-state index contributed by atoms with van der Waals surface area (Å²) in [5, 5.41) is 21.5. The smallest absolute Gasteiger partial charge is 0.410 e. The molecule has 180 valence electrons. The highest BCUT2D eigenvalue weighted by Gasteiger charge is 2.49. The number of aromatic amines is 1. The van der Waals surface area contributed by atoms with Gasteiger partial charge in [0.25, 0.3) is 0 Å². The molecule has 2 fully saturated rings. The molecule has 3 unspecified atom stereocenters. The van der Waals surface area contributed by atoms with Crippen LogP contribution in [0.5, 0.6) is 0 Å². The molecule has 5 rings (SSSR count). The molecule has 0 aromatic carbocycles. The highest BCUT2D eigenvalue weighted by atomic mass is 16.6. The maximum Gasteiger partial charge on any atom is 0.410 e. The van der Waals surface area contributed by atoms with E-state index in [2.05, 4.69) is 27.2 Å². The molecule has 4 heterocycles. The largest absolute Gasteiger partial charge is 0.444 e. The van der Waals surface area contributed by atoms with Gasteiger partial charge >= 0.3 is 6.09 Å². The van der Waals surface area contributed by atoms with Gasteiger partial charge in [-0.2, -0.15) is 10.3 Å². The number of hydrogen-bond donors (Lipinski definition) is 2. The number of aromatic nitrogens is 4. The first-order valence-corrected chi connectivity index (χ1v) is 11.6. The number of aliphatic hydroxyl groups is 1. The van der Waals surface area contributed by atoms with Gasteiger partial charge < -0.3 is 28.9 Å². The van der Waals surface area contributed by atoms with Crippen molar-refractivity contribution in [2.75, 3.05) is 25.1 Å². The monoisotopic (exact) mass is 460 g/mol. The van der Waals surface area contributed by atoms with Crippen molar-refractivity contribution in [2.45, 2.75) is 82.9 Å². The zero-order valence-corrected chi connectivity index (χ0v) is 19.7. The fourth-order valence-corrected chi connectivity index (χ4v) is 5.63. The molecule has 3 aliphatic rings. The van der Waals surface area contributed by atoms with E-state index in [1.807, 2.05) is 30.2 Å². The summed E-state index contributed by atoms with van der Waals surface area (Å²) >= 11 is 0. The van der Waals surface area contributed by atoms with Gasteiger partial charge in [-0.3, -0.25) is 4.79 Å². The average molecular weight is 461 g/mol. The number of fused-ring (bicyclic) bond motifs is 4. The lowest BCUT2D eigenvalue weighted by atomic mass is 9.81. The van der Waals surface area contributed by atoms with Crippen molar-refractivity contribution in [1.82, 2.24) is 24.9 Å². The van der Waals surface area contributed by atoms with Crippen LogP contribution in [0.2, 0.25) is 0 Å². The van der Waals surface area contributed by atoms with Crippen LogP contribution in [0.25, 0.3) is 11.2 Å². The zero-order valence-electron chi connectivity index (χ0n) is 19.7. The lowest BCUT2D eigenvalue weighted by Gasteiger charge is -2.54. The third-order valence-corrected chi connectivity index (χ3v) is 7.15. The zero-order chi connectivity index (χ0) is 23.7. The fraction of sp³-hybridized carbons (Fsp3) is 0.727. The van der Waals surface area contributed by atoms with Crippen LogP contribution in [0.4, 0.5) is 10.5 Å². The SMILES string of the molecule is COC(O)C1CC(C)c2c(N3CCN(C(=O)OC(C)(C)C)[C@H]4CC[C@@H]43)c(=O)c3n[nH]nc3n21. The Morgan fingerprint density at radius 2 is 1.94 bits per heavy atom. The third kappa shape index (κ3) is 3.40. The van der Waals surface area contributed by atoms with Crippen LogP contribution in [-0.4, -0.2) is 80.3 Å². The van der Waals surface area contributed by atoms with Crippen molar-refractivity contribution >= 4 is 22.9 Å². The number of H-pyrrole nitrogens is 1. The average Bonchev–Trinajstić information content (AvgIpc) is 3.32. The molecule has 2 aromatic heterocycles. The summed E-state index contributed by atoms with van der Waals surface area (Å²) in [4.78, 5) is 30.4. The van der Waals surface area contributed by atoms with E-state index in [0.717, 1.165) is 18.5 Å². The second-order valence-electron chi connectivity index (χ2n) is 10.3. The molecule has 2 aromatic rings. The van der Waals surface area contributed by atoms with Crippen molar-refractivity contribution in [3.63, 3.8) is 0 Å². The number of amides is 1. The van der Waals surface area contributed by atoms with E-state index in [1.54, 1.807) is 0 Å². The molecule has 5 atom stereocenters. The lowest BCUT2D eigenvalue weighted by molar-refractivity contribution is -0.105. The van der Waals surface area contributed by atoms with Gasteiger partial charge in [-0.1, -0.05) is 6.92 Å². The summed E-state index contributed by atoms with van der Waals surface area (Å²) < 4.78 is 12.8. The van der Waals surface area contributed by atoms with Crippen molar-refractivity contribution in [3.05, 3.63) is 15.9 Å². The van der Waals surface area contributed by atoms with Crippen LogP contribution in [-0.2, 0) is 9.47 Å². The topological polar surface area (TPSA) is 126 Å². The summed E-state index contributed by atoms with van der Waals surface area (Å²) in [6, 6.07) is -0.336. The van der Waals surface area contributed by atoms with Crippen molar-refractivity contribution < 1.29 is 19.4 Å². The Bertz CT molecular complexity index is 1140. The standard InChI is InChI=1S/C22H32N6O5/c1-11-10-14(20(30)32-5)28-16(11)17(18(29)15-19(28)24-25-23-15)26-8-9-27(13-7-6-12(13)26)21(31)33-22(2,3)4/h11-14,20,30H,6-10H2,1-5H3,(H,23,24,25)/t11?,12-,13-,14?,20?/m0/s1. The number of nitrogens with zero attached hydrogens (tertiary/aromatic N) is 5. The van der Waals surface area contributed by atoms with Gasteiger partial charge in [-0.15, -0.1) is 5.10 Å². The van der Waals surface area contributed by atoms with E-state index in [9.17, 15) is 14.7 Å². The van der Waals surface area contributed by atoms with E-state index < -0.39 is 11.9 Å². The maximum atomic E-state index is 13.6. The number of carbonyl (C=O) groups is 1. The second kappa shape index (κ2) is 7.69. The van der Waals surface area contributed by atoms with Gasteiger partial charge in [0, 0.05) is 32.2 Å². The van der Waals surface area contributed by atoms with Crippen LogP contribution >= 0.6 is 0 Å². The van der Waals surface area contributed by atoms with E-state index in [-0.39, 0.29) is 41.1 Å². The minimum absolute atomic E-state index is 0.00118. The maximum absolute atomic E-state index is 13.6. The first kappa shape index (κ1) is 22.1. The molecule has 11 heteroatoms. The molecule has 0 spiro atoms. The van der Waals surface area contributed by atoms with E-state index in [4.69, 9.17) is 9.47 Å². The predicted molar refractivity (Wildman–Crippen MR) is 120 cm³/mol. The molecule has 0 radical (unpaired) electrons. The van der Waals surface area contributed by atoms with Crippen molar-refractivity contribution in [2.24, 2.45) is 0 Å². The molecule has 2 aliphatic heterocycles. The molecule has 2 N–H and O–H groups in total. The predicted octanol–water partition coefficient (Wildman–Crippen LogP) is 1.72. The van der Waals surface area contributed by atoms with Gasteiger partial charge in [0.05, 0.1) is 17.8 Å². The van der Waals surface area contributed by atoms with Gasteiger partial charge in [-0.25, -0.2) is 4.79 Å². The minimum atomic E-state index is -1.02. The Kier molecular flexibility index (Phi) is 5.16. The third-order valence-electron chi connectivity index (χ3n) is 7.15. The van der Waals surface area contributed by atoms with Gasteiger partial charge in [0.15, 0.2) is 17.5 Å². The Hall–Kier alpha value is -2.66. The van der Waals surface area contributed by atoms with Gasteiger partial charge in [0.1, 0.15) is 11.3 Å².